The normalized spacial score (nSPS) is 19.6. The van der Waals surface area contributed by atoms with Crippen molar-refractivity contribution in [3.8, 4) is 0 Å². The summed E-state index contributed by atoms with van der Waals surface area (Å²) in [5, 5.41) is 1.23. The molecule has 1 amide bonds. The minimum absolute atomic E-state index is 0.178. The number of nitrogens with one attached hydrogen (secondary N) is 1. The van der Waals surface area contributed by atoms with Gasteiger partial charge in [0.25, 0.3) is 0 Å². The van der Waals surface area contributed by atoms with Gasteiger partial charge in [-0.25, -0.2) is 4.39 Å². The monoisotopic (exact) mass is 390 g/mol. The highest BCUT2D eigenvalue weighted by molar-refractivity contribution is 5.86. The lowest BCUT2D eigenvalue weighted by atomic mass is 9.91. The van der Waals surface area contributed by atoms with Gasteiger partial charge in [-0.1, -0.05) is 56.0 Å². The molecule has 1 N–H and O–H groups in total. The molecule has 2 aliphatic rings. The Morgan fingerprint density at radius 3 is 2.62 bits per heavy atom. The minimum atomic E-state index is -0.250. The molecule has 4 heteroatoms. The molecule has 150 valence electrons. The van der Waals surface area contributed by atoms with Crippen molar-refractivity contribution in [1.82, 2.24) is 9.88 Å². The molecule has 0 spiro atoms. The lowest BCUT2D eigenvalue weighted by Crippen LogP contribution is -2.40. The van der Waals surface area contributed by atoms with Crippen LogP contribution in [0, 0.1) is 11.7 Å². The lowest BCUT2D eigenvalue weighted by Gasteiger charge is -2.36. The van der Waals surface area contributed by atoms with Crippen molar-refractivity contribution < 1.29 is 9.18 Å². The number of carbonyl (C=O) groups is 1. The quantitative estimate of drug-likeness (QED) is 0.605. The van der Waals surface area contributed by atoms with Crippen molar-refractivity contribution in [3.63, 3.8) is 0 Å². The Morgan fingerprint density at radius 2 is 1.83 bits per heavy atom. The number of amides is 1. The van der Waals surface area contributed by atoms with Gasteiger partial charge in [0.15, 0.2) is 0 Å². The van der Waals surface area contributed by atoms with Crippen molar-refractivity contribution in [2.24, 2.45) is 5.92 Å². The van der Waals surface area contributed by atoms with Crippen LogP contribution in [0.1, 0.15) is 61.4 Å². The molecule has 1 aliphatic carbocycles. The number of carbonyl (C=O) groups excluding carboxylic acids is 1. The molecule has 1 atom stereocenters. The smallest absolute Gasteiger partial charge is 0.223 e. The van der Waals surface area contributed by atoms with E-state index in [9.17, 15) is 9.18 Å². The Labute approximate surface area is 170 Å². The third-order valence-electron chi connectivity index (χ3n) is 6.78. The maximum atomic E-state index is 13.6. The van der Waals surface area contributed by atoms with Crippen LogP contribution < -0.4 is 0 Å². The molecule has 2 aromatic carbocycles. The summed E-state index contributed by atoms with van der Waals surface area (Å²) in [5.74, 6) is 0.674. The molecule has 0 radical (unpaired) electrons. The number of hydrogen-bond donors (Lipinski definition) is 1. The molecule has 0 saturated heterocycles. The van der Waals surface area contributed by atoms with Crippen LogP contribution in [0.3, 0.4) is 0 Å². The molecule has 3 nitrogen and oxygen atoms in total. The number of H-pyrrole nitrogens is 1. The summed E-state index contributed by atoms with van der Waals surface area (Å²) in [5.41, 5.74) is 4.44. The number of rotatable bonds is 4. The number of aromatic nitrogens is 1. The van der Waals surface area contributed by atoms with E-state index in [0.29, 0.717) is 18.9 Å². The van der Waals surface area contributed by atoms with Gasteiger partial charge in [0, 0.05) is 29.6 Å². The Morgan fingerprint density at radius 1 is 1.07 bits per heavy atom. The minimum Gasteiger partial charge on any atom is -0.356 e. The van der Waals surface area contributed by atoms with Gasteiger partial charge < -0.3 is 9.88 Å². The fourth-order valence-corrected chi connectivity index (χ4v) is 5.27. The summed E-state index contributed by atoms with van der Waals surface area (Å²) in [6, 6.07) is 14.8. The number of aromatic amines is 1. The van der Waals surface area contributed by atoms with E-state index >= 15 is 0 Å². The summed E-state index contributed by atoms with van der Waals surface area (Å²) < 4.78 is 13.6. The van der Waals surface area contributed by atoms with Gasteiger partial charge in [-0.3, -0.25) is 4.79 Å². The average molecular weight is 391 g/mol. The van der Waals surface area contributed by atoms with Crippen molar-refractivity contribution in [3.05, 3.63) is 71.2 Å². The van der Waals surface area contributed by atoms with Gasteiger partial charge >= 0.3 is 0 Å². The highest BCUT2D eigenvalue weighted by atomic mass is 19.1. The summed E-state index contributed by atoms with van der Waals surface area (Å²) in [7, 11) is 0. The van der Waals surface area contributed by atoms with Crippen molar-refractivity contribution in [2.75, 3.05) is 6.54 Å². The van der Waals surface area contributed by atoms with Gasteiger partial charge in [0.05, 0.1) is 6.04 Å². The Balaban J connectivity index is 1.50. The fourth-order valence-electron chi connectivity index (χ4n) is 5.27. The largest absolute Gasteiger partial charge is 0.356 e. The van der Waals surface area contributed by atoms with E-state index < -0.39 is 0 Å². The maximum Gasteiger partial charge on any atom is 0.223 e. The number of halogens is 1. The molecule has 5 rings (SSSR count). The zero-order valence-electron chi connectivity index (χ0n) is 16.7. The van der Waals surface area contributed by atoms with E-state index in [1.807, 2.05) is 23.1 Å². The van der Waals surface area contributed by atoms with Gasteiger partial charge in [0.2, 0.25) is 5.91 Å². The highest BCUT2D eigenvalue weighted by Crippen LogP contribution is 2.39. The highest BCUT2D eigenvalue weighted by Gasteiger charge is 2.34. The zero-order chi connectivity index (χ0) is 19.8. The van der Waals surface area contributed by atoms with Gasteiger partial charge in [-0.05, 0) is 48.1 Å². The van der Waals surface area contributed by atoms with E-state index in [-0.39, 0.29) is 17.8 Å². The number of fused-ring (bicyclic) bond motifs is 3. The van der Waals surface area contributed by atoms with Crippen LogP contribution in [0.15, 0.2) is 48.5 Å². The van der Waals surface area contributed by atoms with Crippen LogP contribution in [-0.4, -0.2) is 22.3 Å². The van der Waals surface area contributed by atoms with Crippen LogP contribution in [-0.2, 0) is 11.2 Å². The predicted molar refractivity (Wildman–Crippen MR) is 113 cm³/mol. The van der Waals surface area contributed by atoms with E-state index in [2.05, 4.69) is 23.2 Å². The van der Waals surface area contributed by atoms with Crippen LogP contribution in [0.25, 0.3) is 10.9 Å². The number of benzene rings is 2. The van der Waals surface area contributed by atoms with Gasteiger partial charge in [-0.2, -0.15) is 0 Å². The molecular formula is C25H27FN2O. The van der Waals surface area contributed by atoms with Crippen LogP contribution in [0.4, 0.5) is 4.39 Å². The standard InChI is InChI=1S/C25H27FN2O/c26-19-12-10-18(11-13-19)25-24-21(20-7-3-4-8-22(20)27-24)15-16-28(25)23(29)14-9-17-5-1-2-6-17/h3-4,7-8,10-13,17,25,27H,1-2,5-6,9,14-16H2/t25-/m1/s1. The van der Waals surface area contributed by atoms with E-state index in [0.717, 1.165) is 29.6 Å². The number of nitrogens with zero attached hydrogens (tertiary/aromatic N) is 1. The summed E-state index contributed by atoms with van der Waals surface area (Å²) in [6.45, 7) is 0.709. The predicted octanol–water partition coefficient (Wildman–Crippen LogP) is 5.75. The average Bonchev–Trinajstić information content (AvgIpc) is 3.39. The lowest BCUT2D eigenvalue weighted by molar-refractivity contribution is -0.133. The Hall–Kier alpha value is -2.62. The Bertz CT molecular complexity index is 1020. The van der Waals surface area contributed by atoms with Crippen LogP contribution in [0.2, 0.25) is 0 Å². The van der Waals surface area contributed by atoms with Crippen molar-refractivity contribution >= 4 is 16.8 Å². The fraction of sp³-hybridized carbons (Fsp3) is 0.400. The summed E-state index contributed by atoms with van der Waals surface area (Å²) >= 11 is 0. The molecule has 0 unspecified atom stereocenters. The number of para-hydroxylation sites is 1. The molecule has 2 heterocycles. The molecular weight excluding hydrogens is 363 g/mol. The second kappa shape index (κ2) is 7.66. The van der Waals surface area contributed by atoms with E-state index in [1.165, 1.54) is 48.8 Å². The van der Waals surface area contributed by atoms with Crippen molar-refractivity contribution in [1.29, 1.82) is 0 Å². The second-order valence-corrected chi connectivity index (χ2v) is 8.54. The Kier molecular flexibility index (Phi) is 4.86. The topological polar surface area (TPSA) is 36.1 Å². The first-order chi connectivity index (χ1) is 14.2. The molecule has 0 bridgehead atoms. The first-order valence-corrected chi connectivity index (χ1v) is 10.8. The molecule has 1 aromatic heterocycles. The third kappa shape index (κ3) is 3.45. The maximum absolute atomic E-state index is 13.6. The number of hydrogen-bond acceptors (Lipinski definition) is 1. The van der Waals surface area contributed by atoms with Crippen molar-refractivity contribution in [2.45, 2.75) is 51.0 Å². The zero-order valence-corrected chi connectivity index (χ0v) is 16.7. The molecule has 1 saturated carbocycles. The SMILES string of the molecule is O=C(CCC1CCCC1)N1CCc2c([nH]c3ccccc23)[C@H]1c1ccc(F)cc1. The molecule has 29 heavy (non-hydrogen) atoms. The molecule has 1 fully saturated rings. The second-order valence-electron chi connectivity index (χ2n) is 8.54. The van der Waals surface area contributed by atoms with Crippen LogP contribution >= 0.6 is 0 Å². The van der Waals surface area contributed by atoms with Gasteiger partial charge in [-0.15, -0.1) is 0 Å². The first kappa shape index (κ1) is 18.4. The van der Waals surface area contributed by atoms with E-state index in [1.54, 1.807) is 0 Å². The molecule has 3 aromatic rings. The van der Waals surface area contributed by atoms with Crippen LogP contribution in [0.5, 0.6) is 0 Å². The van der Waals surface area contributed by atoms with E-state index in [4.69, 9.17) is 0 Å². The van der Waals surface area contributed by atoms with Gasteiger partial charge in [0.1, 0.15) is 5.82 Å². The summed E-state index contributed by atoms with van der Waals surface area (Å²) in [4.78, 5) is 18.9. The first-order valence-electron chi connectivity index (χ1n) is 10.8. The third-order valence-corrected chi connectivity index (χ3v) is 6.78. The molecule has 1 aliphatic heterocycles. The summed E-state index contributed by atoms with van der Waals surface area (Å²) in [6.07, 6.45) is 7.59.